The second kappa shape index (κ2) is 14.9. The molecular formula is C49H32N6S2. The van der Waals surface area contributed by atoms with Gasteiger partial charge in [0.15, 0.2) is 0 Å². The van der Waals surface area contributed by atoms with E-state index in [0.717, 1.165) is 77.4 Å². The van der Waals surface area contributed by atoms with Crippen LogP contribution in [0.3, 0.4) is 0 Å². The van der Waals surface area contributed by atoms with Gasteiger partial charge in [-0.25, -0.2) is 8.80 Å². The Bertz CT molecular complexity index is 3070. The molecule has 2 aliphatic rings. The lowest BCUT2D eigenvalue weighted by Crippen LogP contribution is -2.12. The molecule has 2 aliphatic carbocycles. The first-order valence-corrected chi connectivity index (χ1v) is 19.0. The largest absolute Gasteiger partial charge is 0.310 e. The fourth-order valence-corrected chi connectivity index (χ4v) is 7.86. The van der Waals surface area contributed by atoms with Gasteiger partial charge >= 0.3 is 0 Å². The Kier molecular flexibility index (Phi) is 9.31. The van der Waals surface area contributed by atoms with Crippen LogP contribution in [-0.2, 0) is 0 Å². The predicted molar refractivity (Wildman–Crippen MR) is 246 cm³/mol. The Morgan fingerprint density at radius 2 is 0.965 bits per heavy atom. The normalized spacial score (nSPS) is 15.4. The first kappa shape index (κ1) is 35.6. The van der Waals surface area contributed by atoms with Gasteiger partial charge in [-0.15, -0.1) is 0 Å². The van der Waals surface area contributed by atoms with Crippen molar-refractivity contribution in [2.45, 2.75) is 0 Å². The molecule has 0 heterocycles. The van der Waals surface area contributed by atoms with Gasteiger partial charge in [-0.05, 0) is 176 Å². The van der Waals surface area contributed by atoms with Crippen LogP contribution in [0.25, 0.3) is 54.6 Å². The van der Waals surface area contributed by atoms with Crippen molar-refractivity contribution in [1.29, 1.82) is 16.1 Å². The molecule has 6 nitrogen and oxygen atoms in total. The molecule has 0 bridgehead atoms. The summed E-state index contributed by atoms with van der Waals surface area (Å²) in [6, 6.07) is 48.9. The summed E-state index contributed by atoms with van der Waals surface area (Å²) in [6.45, 7) is 0. The van der Waals surface area contributed by atoms with E-state index in [1.807, 2.05) is 48.6 Å². The summed E-state index contributed by atoms with van der Waals surface area (Å²) >= 11 is 8.06. The Morgan fingerprint density at radius 1 is 0.456 bits per heavy atom. The average molecular weight is 769 g/mol. The molecule has 7 aromatic rings. The monoisotopic (exact) mass is 768 g/mol. The molecule has 0 saturated heterocycles. The van der Waals surface area contributed by atoms with Gasteiger partial charge in [-0.1, -0.05) is 84.9 Å². The molecule has 0 fully saturated rings. The van der Waals surface area contributed by atoms with E-state index >= 15 is 0 Å². The highest BCUT2D eigenvalue weighted by Gasteiger charge is 2.17. The van der Waals surface area contributed by atoms with Crippen molar-refractivity contribution >= 4 is 109 Å². The third-order valence-electron chi connectivity index (χ3n) is 10.5. The third kappa shape index (κ3) is 6.80. The van der Waals surface area contributed by atoms with Gasteiger partial charge in [0, 0.05) is 17.1 Å². The van der Waals surface area contributed by atoms with Crippen LogP contribution in [0.4, 0.5) is 17.1 Å². The highest BCUT2D eigenvalue weighted by Crippen LogP contribution is 2.39. The van der Waals surface area contributed by atoms with E-state index in [4.69, 9.17) is 10.8 Å². The standard InChI is InChI=1S/C49H32N6S2/c50-29-30-1-19-44-39(23-30)4-5-40-25-35(11-20-45(40)44)33-2-3-36-26-43(18-10-34(36)24-33)55(41-14-6-31(7-15-41)37-13-22-48(53-56)47(52)27-37)42-16-8-32(9-17-42)38-12-21-46(51)49(28-38)54-57/h1-28,51-52,56-57H. The van der Waals surface area contributed by atoms with Crippen LogP contribution in [-0.4, -0.2) is 22.8 Å². The van der Waals surface area contributed by atoms with Crippen molar-refractivity contribution in [3.8, 4) is 17.2 Å². The summed E-state index contributed by atoms with van der Waals surface area (Å²) in [5.41, 5.74) is 11.5. The van der Waals surface area contributed by atoms with Crippen LogP contribution in [0.5, 0.6) is 0 Å². The van der Waals surface area contributed by atoms with Crippen molar-refractivity contribution in [3.05, 3.63) is 187 Å². The maximum absolute atomic E-state index is 9.36. The van der Waals surface area contributed by atoms with E-state index in [2.05, 4.69) is 161 Å². The van der Waals surface area contributed by atoms with Gasteiger partial charge in [-0.3, -0.25) is 10.8 Å². The molecule has 0 spiro atoms. The molecule has 0 atom stereocenters. The van der Waals surface area contributed by atoms with E-state index in [9.17, 15) is 5.26 Å². The van der Waals surface area contributed by atoms with E-state index in [1.54, 1.807) is 6.08 Å². The van der Waals surface area contributed by atoms with Crippen molar-refractivity contribution < 1.29 is 0 Å². The highest BCUT2D eigenvalue weighted by atomic mass is 32.1. The van der Waals surface area contributed by atoms with Crippen molar-refractivity contribution in [3.63, 3.8) is 0 Å². The number of fused-ring (bicyclic) bond motifs is 4. The van der Waals surface area contributed by atoms with E-state index in [0.29, 0.717) is 28.4 Å². The number of rotatable bonds is 6. The lowest BCUT2D eigenvalue weighted by atomic mass is 9.95. The number of nitrogens with one attached hydrogen (secondary N) is 2. The number of nitrogens with zero attached hydrogens (tertiary/aromatic N) is 4. The van der Waals surface area contributed by atoms with Crippen molar-refractivity contribution in [2.24, 2.45) is 8.80 Å². The summed E-state index contributed by atoms with van der Waals surface area (Å²) < 4.78 is 7.86. The Balaban J connectivity index is 1.07. The topological polar surface area (TPSA) is 99.4 Å². The summed E-state index contributed by atoms with van der Waals surface area (Å²) in [4.78, 5) is 2.24. The molecular weight excluding hydrogens is 737 g/mol. The number of hydrogen-bond donors (Lipinski definition) is 4. The van der Waals surface area contributed by atoms with Crippen LogP contribution < -0.4 is 4.90 Å². The van der Waals surface area contributed by atoms with Crippen LogP contribution in [0.2, 0.25) is 0 Å². The molecule has 7 aromatic carbocycles. The van der Waals surface area contributed by atoms with Crippen molar-refractivity contribution in [1.82, 2.24) is 0 Å². The third-order valence-corrected chi connectivity index (χ3v) is 10.9. The maximum Gasteiger partial charge on any atom is 0.0991 e. The minimum Gasteiger partial charge on any atom is -0.310 e. The van der Waals surface area contributed by atoms with E-state index in [1.165, 1.54) is 5.39 Å². The zero-order valence-electron chi connectivity index (χ0n) is 30.3. The predicted octanol–water partition coefficient (Wildman–Crippen LogP) is 12.7. The fraction of sp³-hybridized carbons (Fsp3) is 0. The zero-order valence-corrected chi connectivity index (χ0v) is 32.1. The zero-order chi connectivity index (χ0) is 39.0. The number of thiol groups is 2. The summed E-state index contributed by atoms with van der Waals surface area (Å²) in [5, 5.41) is 32.6. The second-order valence-corrected chi connectivity index (χ2v) is 14.3. The first-order chi connectivity index (χ1) is 27.9. The van der Waals surface area contributed by atoms with Gasteiger partial charge in [0.05, 0.1) is 34.5 Å². The Hall–Kier alpha value is -7.05. The van der Waals surface area contributed by atoms with Gasteiger partial charge < -0.3 is 4.90 Å². The average Bonchev–Trinajstić information content (AvgIpc) is 3.26. The maximum atomic E-state index is 9.36. The van der Waals surface area contributed by atoms with Crippen LogP contribution in [0.15, 0.2) is 179 Å². The van der Waals surface area contributed by atoms with E-state index < -0.39 is 0 Å². The minimum absolute atomic E-state index is 0.324. The van der Waals surface area contributed by atoms with Gasteiger partial charge in [0.1, 0.15) is 0 Å². The van der Waals surface area contributed by atoms with Crippen LogP contribution in [0.1, 0.15) is 16.7 Å². The molecule has 0 aliphatic heterocycles. The van der Waals surface area contributed by atoms with Gasteiger partial charge in [0.25, 0.3) is 0 Å². The highest BCUT2D eigenvalue weighted by molar-refractivity contribution is 7.79. The number of allylic oxidation sites excluding steroid dienone is 8. The minimum atomic E-state index is 0.324. The molecule has 2 N–H and O–H groups in total. The summed E-state index contributed by atoms with van der Waals surface area (Å²) in [5.74, 6) is 0. The number of anilines is 3. The summed E-state index contributed by atoms with van der Waals surface area (Å²) in [6.07, 6.45) is 11.1. The number of hydrogen-bond acceptors (Lipinski definition) is 8. The second-order valence-electron chi connectivity index (χ2n) is 13.9. The molecule has 270 valence electrons. The molecule has 8 heteroatoms. The Labute approximate surface area is 341 Å². The smallest absolute Gasteiger partial charge is 0.0991 e. The molecule has 0 unspecified atom stereocenters. The fourth-order valence-electron chi connectivity index (χ4n) is 7.52. The van der Waals surface area contributed by atoms with Gasteiger partial charge in [-0.2, -0.15) is 5.26 Å². The van der Waals surface area contributed by atoms with Crippen LogP contribution >= 0.6 is 25.6 Å². The van der Waals surface area contributed by atoms with Gasteiger partial charge in [0.2, 0.25) is 0 Å². The molecule has 0 aromatic heterocycles. The number of benzene rings is 7. The first-order valence-electron chi connectivity index (χ1n) is 18.2. The lowest BCUT2D eigenvalue weighted by molar-refractivity contribution is 1.28. The lowest BCUT2D eigenvalue weighted by Gasteiger charge is -2.26. The van der Waals surface area contributed by atoms with Crippen LogP contribution in [0, 0.1) is 22.1 Å². The molecule has 0 amide bonds. The van der Waals surface area contributed by atoms with E-state index in [-0.39, 0.29) is 0 Å². The number of nitriles is 1. The molecule has 0 saturated carbocycles. The van der Waals surface area contributed by atoms with Crippen molar-refractivity contribution in [2.75, 3.05) is 4.90 Å². The SMILES string of the molecule is N#Cc1ccc2c(ccc3cc(-c4ccc5cc(N(c6ccc(C7=CC(=N)C(=NS)C=C7)cc6)c6ccc(C7=CC(=NS)C(=N)C=C7)cc6)ccc5c4)ccc32)c1. The quantitative estimate of drug-likeness (QED) is 0.0769. The Morgan fingerprint density at radius 3 is 1.61 bits per heavy atom. The molecule has 57 heavy (non-hydrogen) atoms. The summed E-state index contributed by atoms with van der Waals surface area (Å²) in [7, 11) is 0. The molecule has 0 radical (unpaired) electrons. The molecule has 9 rings (SSSR count).